The molecule has 1 amide bonds. The Bertz CT molecular complexity index is 442. The molecule has 110 valence electrons. The summed E-state index contributed by atoms with van der Waals surface area (Å²) in [5.74, 6) is 1.34. The van der Waals surface area contributed by atoms with Gasteiger partial charge in [0.15, 0.2) is 0 Å². The first-order valence-corrected chi connectivity index (χ1v) is 7.43. The van der Waals surface area contributed by atoms with Crippen LogP contribution in [-0.2, 0) is 4.79 Å². The van der Waals surface area contributed by atoms with Crippen LogP contribution in [-0.4, -0.2) is 18.6 Å². The molecule has 0 radical (unpaired) electrons. The van der Waals surface area contributed by atoms with Crippen molar-refractivity contribution in [1.82, 2.24) is 5.32 Å². The van der Waals surface area contributed by atoms with E-state index in [0.29, 0.717) is 30.4 Å². The van der Waals surface area contributed by atoms with E-state index in [4.69, 9.17) is 10.5 Å². The molecule has 1 atom stereocenters. The highest BCUT2D eigenvalue weighted by atomic mass is 16.5. The molecule has 20 heavy (non-hydrogen) atoms. The summed E-state index contributed by atoms with van der Waals surface area (Å²) in [6.45, 7) is 2.46. The number of carbonyl (C=O) groups is 1. The van der Waals surface area contributed by atoms with E-state index in [9.17, 15) is 4.79 Å². The summed E-state index contributed by atoms with van der Waals surface area (Å²) in [5, 5.41) is 3.07. The average Bonchev–Trinajstić information content (AvgIpc) is 2.95. The molecule has 0 saturated heterocycles. The van der Waals surface area contributed by atoms with Crippen molar-refractivity contribution in [3.05, 3.63) is 24.3 Å². The molecule has 1 aliphatic carbocycles. The van der Waals surface area contributed by atoms with Crippen LogP contribution in [0.15, 0.2) is 24.3 Å². The van der Waals surface area contributed by atoms with Crippen LogP contribution in [0, 0.1) is 5.92 Å². The van der Waals surface area contributed by atoms with E-state index in [1.807, 2.05) is 18.2 Å². The zero-order valence-electron chi connectivity index (χ0n) is 12.1. The molecule has 0 bridgehead atoms. The van der Waals surface area contributed by atoms with E-state index in [0.717, 1.165) is 0 Å². The van der Waals surface area contributed by atoms with Crippen LogP contribution in [0.4, 0.5) is 5.69 Å². The number of nitrogens with one attached hydrogen (secondary N) is 1. The molecule has 2 rings (SSSR count). The van der Waals surface area contributed by atoms with Crippen molar-refractivity contribution in [1.29, 1.82) is 0 Å². The van der Waals surface area contributed by atoms with Crippen LogP contribution >= 0.6 is 0 Å². The summed E-state index contributed by atoms with van der Waals surface area (Å²) in [6.07, 6.45) is 5.42. The number of carbonyl (C=O) groups excluding carboxylic acids is 1. The lowest BCUT2D eigenvalue weighted by atomic mass is 10.00. The van der Waals surface area contributed by atoms with Gasteiger partial charge < -0.3 is 15.8 Å². The van der Waals surface area contributed by atoms with Gasteiger partial charge in [-0.25, -0.2) is 0 Å². The Hall–Kier alpha value is -1.71. The summed E-state index contributed by atoms with van der Waals surface area (Å²) >= 11 is 0. The lowest BCUT2D eigenvalue weighted by Crippen LogP contribution is -2.37. The molecular weight excluding hydrogens is 252 g/mol. The van der Waals surface area contributed by atoms with Gasteiger partial charge in [0, 0.05) is 6.04 Å². The van der Waals surface area contributed by atoms with Crippen molar-refractivity contribution in [2.24, 2.45) is 5.92 Å². The number of para-hydroxylation sites is 2. The molecular formula is C16H24N2O2. The van der Waals surface area contributed by atoms with E-state index in [1.165, 1.54) is 25.7 Å². The summed E-state index contributed by atoms with van der Waals surface area (Å²) in [4.78, 5) is 11.9. The summed E-state index contributed by atoms with van der Waals surface area (Å²) in [5.41, 5.74) is 6.38. The molecule has 3 N–H and O–H groups in total. The third-order valence-corrected chi connectivity index (χ3v) is 4.00. The van der Waals surface area contributed by atoms with Crippen molar-refractivity contribution in [2.45, 2.75) is 45.1 Å². The number of hydrogen-bond acceptors (Lipinski definition) is 3. The van der Waals surface area contributed by atoms with E-state index in [-0.39, 0.29) is 11.9 Å². The Morgan fingerprint density at radius 1 is 1.40 bits per heavy atom. The second-order valence-corrected chi connectivity index (χ2v) is 5.54. The summed E-state index contributed by atoms with van der Waals surface area (Å²) in [7, 11) is 0. The maximum Gasteiger partial charge on any atom is 0.223 e. The van der Waals surface area contributed by atoms with Gasteiger partial charge in [-0.1, -0.05) is 25.0 Å². The SMILES string of the molecule is CC(NC(=O)CCOc1ccccc1N)C1CCCC1. The highest BCUT2D eigenvalue weighted by molar-refractivity contribution is 5.76. The second-order valence-electron chi connectivity index (χ2n) is 5.54. The molecule has 1 unspecified atom stereocenters. The average molecular weight is 276 g/mol. The molecule has 0 spiro atoms. The molecule has 0 heterocycles. The van der Waals surface area contributed by atoms with Crippen molar-refractivity contribution >= 4 is 11.6 Å². The minimum absolute atomic E-state index is 0.0545. The van der Waals surface area contributed by atoms with Crippen molar-refractivity contribution < 1.29 is 9.53 Å². The van der Waals surface area contributed by atoms with Crippen LogP contribution < -0.4 is 15.8 Å². The highest BCUT2D eigenvalue weighted by Crippen LogP contribution is 2.27. The Morgan fingerprint density at radius 3 is 2.80 bits per heavy atom. The molecule has 4 heteroatoms. The molecule has 4 nitrogen and oxygen atoms in total. The number of hydrogen-bond donors (Lipinski definition) is 2. The van der Waals surface area contributed by atoms with E-state index in [1.54, 1.807) is 6.07 Å². The second kappa shape index (κ2) is 7.17. The molecule has 1 aromatic rings. The maximum absolute atomic E-state index is 11.9. The van der Waals surface area contributed by atoms with Crippen molar-refractivity contribution in [3.63, 3.8) is 0 Å². The third kappa shape index (κ3) is 4.15. The van der Waals surface area contributed by atoms with Crippen LogP contribution in [0.5, 0.6) is 5.75 Å². The molecule has 0 aliphatic heterocycles. The Kier molecular flexibility index (Phi) is 5.27. The molecule has 1 saturated carbocycles. The van der Waals surface area contributed by atoms with Gasteiger partial charge >= 0.3 is 0 Å². The number of amides is 1. The number of ether oxygens (including phenoxy) is 1. The van der Waals surface area contributed by atoms with Crippen LogP contribution in [0.1, 0.15) is 39.0 Å². The van der Waals surface area contributed by atoms with E-state index < -0.39 is 0 Å². The molecule has 1 aromatic carbocycles. The van der Waals surface area contributed by atoms with Gasteiger partial charge in [0.2, 0.25) is 5.91 Å². The Labute approximate surface area is 120 Å². The highest BCUT2D eigenvalue weighted by Gasteiger charge is 2.22. The molecule has 0 aromatic heterocycles. The minimum atomic E-state index is 0.0545. The van der Waals surface area contributed by atoms with Crippen LogP contribution in [0.25, 0.3) is 0 Å². The first kappa shape index (κ1) is 14.7. The number of nitrogen functional groups attached to an aromatic ring is 1. The number of rotatable bonds is 6. The Balaban J connectivity index is 1.68. The van der Waals surface area contributed by atoms with Gasteiger partial charge in [-0.2, -0.15) is 0 Å². The minimum Gasteiger partial charge on any atom is -0.491 e. The van der Waals surface area contributed by atoms with E-state index >= 15 is 0 Å². The number of anilines is 1. The number of nitrogens with two attached hydrogens (primary N) is 1. The van der Waals surface area contributed by atoms with Gasteiger partial charge in [-0.3, -0.25) is 4.79 Å². The maximum atomic E-state index is 11.9. The first-order valence-electron chi connectivity index (χ1n) is 7.43. The summed E-state index contributed by atoms with van der Waals surface area (Å²) in [6, 6.07) is 7.60. The van der Waals surface area contributed by atoms with Gasteiger partial charge in [-0.05, 0) is 37.8 Å². The van der Waals surface area contributed by atoms with Gasteiger partial charge in [0.1, 0.15) is 5.75 Å². The quantitative estimate of drug-likeness (QED) is 0.785. The molecule has 1 aliphatic rings. The lowest BCUT2D eigenvalue weighted by molar-refractivity contribution is -0.122. The van der Waals surface area contributed by atoms with Gasteiger partial charge in [0.05, 0.1) is 18.7 Å². The fraction of sp³-hybridized carbons (Fsp3) is 0.562. The normalized spacial score (nSPS) is 16.9. The monoisotopic (exact) mass is 276 g/mol. The smallest absolute Gasteiger partial charge is 0.223 e. The largest absolute Gasteiger partial charge is 0.491 e. The predicted octanol–water partition coefficient (Wildman–Crippen LogP) is 2.73. The standard InChI is InChI=1S/C16H24N2O2/c1-12(13-6-2-3-7-13)18-16(19)10-11-20-15-9-5-4-8-14(15)17/h4-5,8-9,12-13H,2-3,6-7,10-11,17H2,1H3,(H,18,19). The fourth-order valence-electron chi connectivity index (χ4n) is 2.77. The lowest BCUT2D eigenvalue weighted by Gasteiger charge is -2.20. The first-order chi connectivity index (χ1) is 9.66. The number of benzene rings is 1. The topological polar surface area (TPSA) is 64.3 Å². The van der Waals surface area contributed by atoms with E-state index in [2.05, 4.69) is 12.2 Å². The third-order valence-electron chi connectivity index (χ3n) is 4.00. The van der Waals surface area contributed by atoms with Crippen molar-refractivity contribution in [3.8, 4) is 5.75 Å². The summed E-state index contributed by atoms with van der Waals surface area (Å²) < 4.78 is 5.53. The van der Waals surface area contributed by atoms with Gasteiger partial charge in [0.25, 0.3) is 0 Å². The van der Waals surface area contributed by atoms with Crippen LogP contribution in [0.3, 0.4) is 0 Å². The zero-order valence-corrected chi connectivity index (χ0v) is 12.1. The fourth-order valence-corrected chi connectivity index (χ4v) is 2.77. The Morgan fingerprint density at radius 2 is 2.10 bits per heavy atom. The zero-order chi connectivity index (χ0) is 14.4. The van der Waals surface area contributed by atoms with Crippen LogP contribution in [0.2, 0.25) is 0 Å². The van der Waals surface area contributed by atoms with Crippen molar-refractivity contribution in [2.75, 3.05) is 12.3 Å². The van der Waals surface area contributed by atoms with Gasteiger partial charge in [-0.15, -0.1) is 0 Å². The molecule has 1 fully saturated rings. The predicted molar refractivity (Wildman–Crippen MR) is 80.5 cm³/mol.